The van der Waals surface area contributed by atoms with Crippen molar-refractivity contribution < 1.29 is 14.2 Å². The van der Waals surface area contributed by atoms with E-state index in [1.807, 2.05) is 55.7 Å². The largest absolute Gasteiger partial charge is 0.496 e. The predicted molar refractivity (Wildman–Crippen MR) is 154 cm³/mol. The van der Waals surface area contributed by atoms with Gasteiger partial charge < -0.3 is 30.3 Å². The van der Waals surface area contributed by atoms with Gasteiger partial charge in [0.1, 0.15) is 23.9 Å². The molecule has 1 fully saturated rings. The number of fused-ring (bicyclic) bond motifs is 1. The third-order valence-corrected chi connectivity index (χ3v) is 7.22. The van der Waals surface area contributed by atoms with Gasteiger partial charge in [-0.1, -0.05) is 12.1 Å². The standard InChI is InChI=1S/C30H36N6O3/c1-32-29(22-8-4-5-9-25(22)37-2)27-23(31)12-10-20-19-33-30(35-28(20)27)34-24-13-11-21(18-26(24)38-3)39-17-16-36-14-6-7-15-36/h4-5,8-9,11,13,18-19,31-32H,6-7,10,12,14-17H2,1-3H3,(H,33,34,35)/b29-27+,31-23?. The van der Waals surface area contributed by atoms with E-state index in [1.54, 1.807) is 14.2 Å². The second-order valence-electron chi connectivity index (χ2n) is 9.63. The highest BCUT2D eigenvalue weighted by atomic mass is 16.5. The predicted octanol–water partition coefficient (Wildman–Crippen LogP) is 4.77. The monoisotopic (exact) mass is 528 g/mol. The molecule has 1 aliphatic heterocycles. The van der Waals surface area contributed by atoms with Gasteiger partial charge in [-0.2, -0.15) is 0 Å². The Labute approximate surface area is 229 Å². The van der Waals surface area contributed by atoms with Gasteiger partial charge in [-0.15, -0.1) is 0 Å². The Morgan fingerprint density at radius 2 is 1.82 bits per heavy atom. The van der Waals surface area contributed by atoms with Gasteiger partial charge >= 0.3 is 0 Å². The third kappa shape index (κ3) is 5.83. The molecule has 1 aliphatic carbocycles. The Hall–Kier alpha value is -4.11. The first-order valence-electron chi connectivity index (χ1n) is 13.4. The molecular weight excluding hydrogens is 492 g/mol. The number of para-hydroxylation sites is 1. The first-order valence-corrected chi connectivity index (χ1v) is 13.4. The molecule has 1 aromatic heterocycles. The van der Waals surface area contributed by atoms with Crippen molar-refractivity contribution in [2.45, 2.75) is 25.7 Å². The topological polar surface area (TPSA) is 105 Å². The molecule has 3 N–H and O–H groups in total. The highest BCUT2D eigenvalue weighted by Crippen LogP contribution is 2.36. The fourth-order valence-electron chi connectivity index (χ4n) is 5.19. The average molecular weight is 529 g/mol. The summed E-state index contributed by atoms with van der Waals surface area (Å²) in [6, 6.07) is 13.5. The van der Waals surface area contributed by atoms with Crippen molar-refractivity contribution in [1.29, 1.82) is 5.41 Å². The summed E-state index contributed by atoms with van der Waals surface area (Å²) in [5.41, 5.74) is 5.43. The number of hydrogen-bond donors (Lipinski definition) is 3. The molecule has 0 radical (unpaired) electrons. The van der Waals surface area contributed by atoms with E-state index in [0.717, 1.165) is 64.9 Å². The lowest BCUT2D eigenvalue weighted by atomic mass is 9.87. The summed E-state index contributed by atoms with van der Waals surface area (Å²) in [6.07, 6.45) is 5.72. The fourth-order valence-corrected chi connectivity index (χ4v) is 5.19. The quantitative estimate of drug-likeness (QED) is 0.346. The lowest BCUT2D eigenvalue weighted by molar-refractivity contribution is 0.237. The molecule has 2 aromatic carbocycles. The molecule has 0 bridgehead atoms. The Kier molecular flexibility index (Phi) is 8.27. The summed E-state index contributed by atoms with van der Waals surface area (Å²) < 4.78 is 17.3. The Morgan fingerprint density at radius 3 is 2.59 bits per heavy atom. The molecule has 5 rings (SSSR count). The van der Waals surface area contributed by atoms with Gasteiger partial charge in [-0.25, -0.2) is 9.97 Å². The Balaban J connectivity index is 1.42. The molecule has 39 heavy (non-hydrogen) atoms. The number of rotatable bonds is 10. The van der Waals surface area contributed by atoms with Crippen LogP contribution < -0.4 is 24.8 Å². The van der Waals surface area contributed by atoms with E-state index >= 15 is 0 Å². The molecule has 9 nitrogen and oxygen atoms in total. The van der Waals surface area contributed by atoms with Crippen LogP contribution in [0.2, 0.25) is 0 Å². The molecule has 0 saturated carbocycles. The van der Waals surface area contributed by atoms with Crippen LogP contribution in [0.3, 0.4) is 0 Å². The Morgan fingerprint density at radius 1 is 1.03 bits per heavy atom. The molecule has 2 aliphatic rings. The summed E-state index contributed by atoms with van der Waals surface area (Å²) in [7, 11) is 5.14. The minimum atomic E-state index is 0.428. The fraction of sp³-hybridized carbons (Fsp3) is 0.367. The maximum Gasteiger partial charge on any atom is 0.227 e. The number of nitrogens with one attached hydrogen (secondary N) is 3. The summed E-state index contributed by atoms with van der Waals surface area (Å²) in [5.74, 6) is 2.56. The number of anilines is 2. The number of likely N-dealkylation sites (tertiary alicyclic amines) is 1. The zero-order chi connectivity index (χ0) is 27.2. The maximum absolute atomic E-state index is 8.82. The van der Waals surface area contributed by atoms with Crippen molar-refractivity contribution in [3.63, 3.8) is 0 Å². The molecule has 2 heterocycles. The van der Waals surface area contributed by atoms with Crippen molar-refractivity contribution in [1.82, 2.24) is 20.2 Å². The highest BCUT2D eigenvalue weighted by Gasteiger charge is 2.26. The molecule has 0 amide bonds. The number of nitrogens with zero attached hydrogens (tertiary/aromatic N) is 3. The van der Waals surface area contributed by atoms with E-state index in [1.165, 1.54) is 12.8 Å². The van der Waals surface area contributed by atoms with Crippen LogP contribution in [0, 0.1) is 5.41 Å². The van der Waals surface area contributed by atoms with Crippen LogP contribution in [0.1, 0.15) is 36.1 Å². The molecule has 1 saturated heterocycles. The second kappa shape index (κ2) is 12.2. The van der Waals surface area contributed by atoms with E-state index in [4.69, 9.17) is 24.6 Å². The van der Waals surface area contributed by atoms with Crippen LogP contribution >= 0.6 is 0 Å². The summed E-state index contributed by atoms with van der Waals surface area (Å²) >= 11 is 0. The van der Waals surface area contributed by atoms with Crippen LogP contribution in [0.15, 0.2) is 48.7 Å². The number of ether oxygens (including phenoxy) is 3. The second-order valence-corrected chi connectivity index (χ2v) is 9.63. The molecule has 3 aromatic rings. The van der Waals surface area contributed by atoms with Crippen LogP contribution in [0.4, 0.5) is 11.6 Å². The van der Waals surface area contributed by atoms with E-state index in [-0.39, 0.29) is 0 Å². The van der Waals surface area contributed by atoms with E-state index < -0.39 is 0 Å². The van der Waals surface area contributed by atoms with E-state index in [0.29, 0.717) is 36.9 Å². The van der Waals surface area contributed by atoms with Gasteiger partial charge in [0.2, 0.25) is 5.95 Å². The minimum Gasteiger partial charge on any atom is -0.496 e. The minimum absolute atomic E-state index is 0.428. The van der Waals surface area contributed by atoms with Crippen LogP contribution in [0.25, 0.3) is 11.3 Å². The summed E-state index contributed by atoms with van der Waals surface area (Å²) in [4.78, 5) is 11.9. The smallest absolute Gasteiger partial charge is 0.227 e. The van der Waals surface area contributed by atoms with Crippen molar-refractivity contribution in [3.8, 4) is 17.2 Å². The van der Waals surface area contributed by atoms with Crippen molar-refractivity contribution in [2.75, 3.05) is 52.8 Å². The Bertz CT molecular complexity index is 1370. The lowest BCUT2D eigenvalue weighted by Crippen LogP contribution is -2.25. The molecular formula is C30H36N6O3. The number of methoxy groups -OCH3 is 2. The molecule has 0 atom stereocenters. The average Bonchev–Trinajstić information content (AvgIpc) is 3.49. The summed E-state index contributed by atoms with van der Waals surface area (Å²) in [6.45, 7) is 3.88. The van der Waals surface area contributed by atoms with Gasteiger partial charge in [0, 0.05) is 42.7 Å². The number of aromatic nitrogens is 2. The van der Waals surface area contributed by atoms with Gasteiger partial charge in [-0.05, 0) is 68.6 Å². The zero-order valence-corrected chi connectivity index (χ0v) is 22.8. The lowest BCUT2D eigenvalue weighted by Gasteiger charge is -2.24. The van der Waals surface area contributed by atoms with Crippen molar-refractivity contribution >= 4 is 28.6 Å². The first kappa shape index (κ1) is 26.5. The third-order valence-electron chi connectivity index (χ3n) is 7.22. The van der Waals surface area contributed by atoms with Gasteiger partial charge in [-0.3, -0.25) is 4.90 Å². The SMILES string of the molecule is CN/C(=C1\C(=N)CCc2cnc(Nc3ccc(OCCN4CCCC4)cc3OC)nc21)c1ccccc1OC. The van der Waals surface area contributed by atoms with Crippen LogP contribution in [-0.2, 0) is 6.42 Å². The molecule has 0 spiro atoms. The number of benzene rings is 2. The molecule has 0 unspecified atom stereocenters. The van der Waals surface area contributed by atoms with Crippen LogP contribution in [0.5, 0.6) is 17.2 Å². The first-order chi connectivity index (χ1) is 19.1. The number of aryl methyl sites for hydroxylation is 1. The maximum atomic E-state index is 8.82. The molecule has 9 heteroatoms. The van der Waals surface area contributed by atoms with Gasteiger partial charge in [0.05, 0.1) is 31.3 Å². The normalized spacial score (nSPS) is 16.4. The molecule has 204 valence electrons. The van der Waals surface area contributed by atoms with Crippen molar-refractivity contribution in [2.24, 2.45) is 0 Å². The van der Waals surface area contributed by atoms with E-state index in [9.17, 15) is 0 Å². The number of hydrogen-bond acceptors (Lipinski definition) is 9. The van der Waals surface area contributed by atoms with Crippen molar-refractivity contribution in [3.05, 3.63) is 65.5 Å². The summed E-state index contributed by atoms with van der Waals surface area (Å²) in [5, 5.41) is 15.4. The highest BCUT2D eigenvalue weighted by molar-refractivity contribution is 6.29. The van der Waals surface area contributed by atoms with Gasteiger partial charge in [0.25, 0.3) is 0 Å². The van der Waals surface area contributed by atoms with Crippen LogP contribution in [-0.4, -0.2) is 68.1 Å². The van der Waals surface area contributed by atoms with E-state index in [2.05, 4.69) is 20.5 Å². The van der Waals surface area contributed by atoms with Gasteiger partial charge in [0.15, 0.2) is 0 Å². The zero-order valence-electron chi connectivity index (χ0n) is 22.8. The number of allylic oxidation sites excluding steroid dienone is 1.